The Morgan fingerprint density at radius 2 is 1.77 bits per heavy atom. The van der Waals surface area contributed by atoms with Crippen molar-refractivity contribution in [1.29, 1.82) is 0 Å². The molecule has 5 heteroatoms. The van der Waals surface area contributed by atoms with Crippen molar-refractivity contribution in [2.45, 2.75) is 52.4 Å². The number of amides is 1. The minimum Gasteiger partial charge on any atom is -0.294 e. The molecule has 2 aromatic rings. The Hall–Kier alpha value is -2.10. The largest absolute Gasteiger partial charge is 0.294 e. The third-order valence-electron chi connectivity index (χ3n) is 6.10. The maximum absolute atomic E-state index is 13.5. The van der Waals surface area contributed by atoms with E-state index in [-0.39, 0.29) is 29.4 Å². The van der Waals surface area contributed by atoms with E-state index in [0.29, 0.717) is 22.9 Å². The fourth-order valence-electron chi connectivity index (χ4n) is 4.74. The van der Waals surface area contributed by atoms with Crippen molar-refractivity contribution >= 4 is 40.6 Å². The van der Waals surface area contributed by atoms with Gasteiger partial charge in [-0.15, -0.1) is 0 Å². The van der Waals surface area contributed by atoms with Crippen LogP contribution < -0.4 is 4.90 Å². The molecule has 0 saturated heterocycles. The van der Waals surface area contributed by atoms with Crippen molar-refractivity contribution in [3.8, 4) is 0 Å². The van der Waals surface area contributed by atoms with E-state index in [1.165, 1.54) is 0 Å². The van der Waals surface area contributed by atoms with Gasteiger partial charge in [0.1, 0.15) is 0 Å². The van der Waals surface area contributed by atoms with E-state index in [2.05, 4.69) is 20.8 Å². The van der Waals surface area contributed by atoms with E-state index < -0.39 is 0 Å². The molecule has 1 aliphatic heterocycles. The number of carbonyl (C=O) groups is 2. The Morgan fingerprint density at radius 3 is 2.47 bits per heavy atom. The number of halogens is 2. The Morgan fingerprint density at radius 1 is 1.03 bits per heavy atom. The first-order chi connectivity index (χ1) is 14.2. The molecular weight excluding hydrogens is 417 g/mol. The van der Waals surface area contributed by atoms with Crippen LogP contribution in [0.1, 0.15) is 57.1 Å². The van der Waals surface area contributed by atoms with Gasteiger partial charge in [0.2, 0.25) is 5.91 Å². The van der Waals surface area contributed by atoms with Crippen molar-refractivity contribution in [3.05, 3.63) is 74.9 Å². The van der Waals surface area contributed by atoms with E-state index in [4.69, 9.17) is 23.2 Å². The molecule has 1 amide bonds. The fourth-order valence-corrected chi connectivity index (χ4v) is 5.04. The molecule has 0 spiro atoms. The Kier molecular flexibility index (Phi) is 5.54. The van der Waals surface area contributed by atoms with E-state index >= 15 is 0 Å². The van der Waals surface area contributed by atoms with Crippen LogP contribution in [-0.4, -0.2) is 11.7 Å². The zero-order chi connectivity index (χ0) is 21.6. The number of aryl methyl sites for hydroxylation is 1. The minimum absolute atomic E-state index is 0.0104. The molecule has 2 aliphatic rings. The molecular formula is C25H25Cl2NO2. The van der Waals surface area contributed by atoms with Crippen LogP contribution in [0.2, 0.25) is 10.0 Å². The molecule has 0 radical (unpaired) electrons. The summed E-state index contributed by atoms with van der Waals surface area (Å²) >= 11 is 12.4. The standard InChI is InChI=1S/C25H25Cl2NO2/c1-4-15-7-5-6-8-20(15)28-21-13-25(2,3)14-22(29)24(21)17(12-23(28)30)16-9-10-18(26)19(27)11-16/h5-11,17H,4,12-14H2,1-3H3. The second-order valence-electron chi connectivity index (χ2n) is 8.94. The van der Waals surface area contributed by atoms with E-state index in [1.54, 1.807) is 17.0 Å². The van der Waals surface area contributed by atoms with E-state index in [1.807, 2.05) is 30.3 Å². The van der Waals surface area contributed by atoms with Crippen LogP contribution in [0.3, 0.4) is 0 Å². The van der Waals surface area contributed by atoms with E-state index in [9.17, 15) is 9.59 Å². The average molecular weight is 442 g/mol. The van der Waals surface area contributed by atoms with Gasteiger partial charge in [0, 0.05) is 30.0 Å². The Bertz CT molecular complexity index is 1070. The van der Waals surface area contributed by atoms with Gasteiger partial charge in [-0.05, 0) is 47.6 Å². The summed E-state index contributed by atoms with van der Waals surface area (Å²) in [6.07, 6.45) is 2.20. The molecule has 3 nitrogen and oxygen atoms in total. The lowest BCUT2D eigenvalue weighted by Crippen LogP contribution is -2.44. The summed E-state index contributed by atoms with van der Waals surface area (Å²) in [6, 6.07) is 13.4. The highest BCUT2D eigenvalue weighted by Gasteiger charge is 2.44. The molecule has 1 heterocycles. The van der Waals surface area contributed by atoms with Crippen molar-refractivity contribution in [2.24, 2.45) is 5.41 Å². The van der Waals surface area contributed by atoms with E-state index in [0.717, 1.165) is 34.5 Å². The van der Waals surface area contributed by atoms with Gasteiger partial charge in [0.15, 0.2) is 5.78 Å². The molecule has 30 heavy (non-hydrogen) atoms. The smallest absolute Gasteiger partial charge is 0.232 e. The third kappa shape index (κ3) is 3.70. The molecule has 0 N–H and O–H groups in total. The fraction of sp³-hybridized carbons (Fsp3) is 0.360. The minimum atomic E-state index is -0.295. The number of allylic oxidation sites excluding steroid dienone is 2. The first-order valence-electron chi connectivity index (χ1n) is 10.3. The molecule has 2 aromatic carbocycles. The number of rotatable bonds is 3. The Balaban J connectivity index is 1.92. The number of nitrogens with zero attached hydrogens (tertiary/aromatic N) is 1. The van der Waals surface area contributed by atoms with Gasteiger partial charge in [0.05, 0.1) is 15.7 Å². The number of carbonyl (C=O) groups excluding carboxylic acids is 2. The topological polar surface area (TPSA) is 37.4 Å². The molecule has 156 valence electrons. The first-order valence-corrected chi connectivity index (χ1v) is 11.1. The van der Waals surface area contributed by atoms with Gasteiger partial charge in [-0.2, -0.15) is 0 Å². The first kappa shape index (κ1) is 21.1. The number of para-hydroxylation sites is 1. The summed E-state index contributed by atoms with van der Waals surface area (Å²) < 4.78 is 0. The number of anilines is 1. The predicted octanol–water partition coefficient (Wildman–Crippen LogP) is 6.72. The average Bonchev–Trinajstić information content (AvgIpc) is 2.68. The third-order valence-corrected chi connectivity index (χ3v) is 6.84. The second-order valence-corrected chi connectivity index (χ2v) is 9.76. The summed E-state index contributed by atoms with van der Waals surface area (Å²) in [4.78, 5) is 28.7. The van der Waals surface area contributed by atoms with Gasteiger partial charge >= 0.3 is 0 Å². The second kappa shape index (κ2) is 7.86. The molecule has 1 atom stereocenters. The quantitative estimate of drug-likeness (QED) is 0.529. The van der Waals surface area contributed by atoms with Gasteiger partial charge in [0.25, 0.3) is 0 Å². The molecule has 0 aromatic heterocycles. The molecule has 1 aliphatic carbocycles. The number of ketones is 1. The zero-order valence-electron chi connectivity index (χ0n) is 17.5. The molecule has 0 fully saturated rings. The lowest BCUT2D eigenvalue weighted by atomic mass is 9.69. The predicted molar refractivity (Wildman–Crippen MR) is 122 cm³/mol. The van der Waals surface area contributed by atoms with Gasteiger partial charge < -0.3 is 0 Å². The maximum atomic E-state index is 13.5. The summed E-state index contributed by atoms with van der Waals surface area (Å²) in [7, 11) is 0. The highest BCUT2D eigenvalue weighted by Crippen LogP contribution is 2.49. The van der Waals surface area contributed by atoms with Gasteiger partial charge in [-0.3, -0.25) is 14.5 Å². The monoisotopic (exact) mass is 441 g/mol. The summed E-state index contributed by atoms with van der Waals surface area (Å²) in [5, 5.41) is 0.900. The molecule has 1 unspecified atom stereocenters. The highest BCUT2D eigenvalue weighted by molar-refractivity contribution is 6.42. The lowest BCUT2D eigenvalue weighted by molar-refractivity contribution is -0.121. The molecule has 0 saturated carbocycles. The van der Waals surface area contributed by atoms with Crippen LogP contribution in [0.4, 0.5) is 5.69 Å². The van der Waals surface area contributed by atoms with Crippen molar-refractivity contribution < 1.29 is 9.59 Å². The molecule has 0 bridgehead atoms. The van der Waals surface area contributed by atoms with Crippen LogP contribution in [0.25, 0.3) is 0 Å². The summed E-state index contributed by atoms with van der Waals surface area (Å²) in [5.74, 6) is -0.170. The van der Waals surface area contributed by atoms with Crippen LogP contribution in [0.15, 0.2) is 53.7 Å². The van der Waals surface area contributed by atoms with Crippen molar-refractivity contribution in [2.75, 3.05) is 4.90 Å². The van der Waals surface area contributed by atoms with Crippen LogP contribution in [-0.2, 0) is 16.0 Å². The molecule has 4 rings (SSSR count). The van der Waals surface area contributed by atoms with Gasteiger partial charge in [-0.1, -0.05) is 68.2 Å². The maximum Gasteiger partial charge on any atom is 0.232 e. The number of Topliss-reactive ketones (excluding diaryl/α,β-unsaturated/α-hetero) is 1. The van der Waals surface area contributed by atoms with Gasteiger partial charge in [-0.25, -0.2) is 0 Å². The van der Waals surface area contributed by atoms with Crippen molar-refractivity contribution in [1.82, 2.24) is 0 Å². The number of hydrogen-bond donors (Lipinski definition) is 0. The Labute approximate surface area is 187 Å². The van der Waals surface area contributed by atoms with Crippen LogP contribution in [0, 0.1) is 5.41 Å². The van der Waals surface area contributed by atoms with Crippen LogP contribution in [0.5, 0.6) is 0 Å². The normalized spacial score (nSPS) is 21.1. The number of hydrogen-bond acceptors (Lipinski definition) is 2. The summed E-state index contributed by atoms with van der Waals surface area (Å²) in [6.45, 7) is 6.26. The number of benzene rings is 2. The summed E-state index contributed by atoms with van der Waals surface area (Å²) in [5.41, 5.74) is 4.23. The highest BCUT2D eigenvalue weighted by atomic mass is 35.5. The zero-order valence-corrected chi connectivity index (χ0v) is 19.0. The lowest BCUT2D eigenvalue weighted by Gasteiger charge is -2.43. The van der Waals surface area contributed by atoms with Crippen molar-refractivity contribution in [3.63, 3.8) is 0 Å². The van der Waals surface area contributed by atoms with Crippen LogP contribution >= 0.6 is 23.2 Å². The SMILES string of the molecule is CCc1ccccc1N1C(=O)CC(c2ccc(Cl)c(Cl)c2)C2=C1CC(C)(C)CC2=O.